The molecular weight excluding hydrogens is 369 g/mol. The maximum Gasteiger partial charge on any atom is 0.234 e. The number of tetrazole rings is 1. The monoisotopic (exact) mass is 385 g/mol. The number of hydrogen-bond donors (Lipinski definition) is 1. The van der Waals surface area contributed by atoms with Crippen LogP contribution in [0.5, 0.6) is 0 Å². The lowest BCUT2D eigenvalue weighted by Gasteiger charge is -2.08. The van der Waals surface area contributed by atoms with Crippen molar-refractivity contribution in [1.82, 2.24) is 20.2 Å². The molecule has 138 valence electrons. The maximum absolute atomic E-state index is 14.0. The van der Waals surface area contributed by atoms with E-state index in [2.05, 4.69) is 20.8 Å². The van der Waals surface area contributed by atoms with E-state index in [-0.39, 0.29) is 17.4 Å². The first-order chi connectivity index (χ1) is 12.9. The number of nitrogens with zero attached hydrogens (tertiary/aromatic N) is 4. The lowest BCUT2D eigenvalue weighted by atomic mass is 10.1. The third-order valence-electron chi connectivity index (χ3n) is 3.72. The summed E-state index contributed by atoms with van der Waals surface area (Å²) in [5.74, 6) is -0.388. The number of hydrogen-bond acceptors (Lipinski definition) is 6. The number of anilines is 1. The molecule has 0 radical (unpaired) electrons. The van der Waals surface area contributed by atoms with Crippen LogP contribution in [0, 0.1) is 5.82 Å². The minimum absolute atomic E-state index is 0.0338. The minimum Gasteiger partial charge on any atom is -0.325 e. The van der Waals surface area contributed by atoms with Crippen LogP contribution in [0.3, 0.4) is 0 Å². The van der Waals surface area contributed by atoms with Crippen molar-refractivity contribution in [2.24, 2.45) is 7.05 Å². The average molecular weight is 385 g/mol. The molecule has 7 nitrogen and oxygen atoms in total. The van der Waals surface area contributed by atoms with Gasteiger partial charge in [0.1, 0.15) is 5.82 Å². The van der Waals surface area contributed by atoms with Gasteiger partial charge in [-0.2, -0.15) is 0 Å². The van der Waals surface area contributed by atoms with Crippen molar-refractivity contribution < 1.29 is 14.0 Å². The van der Waals surface area contributed by atoms with Gasteiger partial charge in [0.25, 0.3) is 0 Å². The molecule has 1 amide bonds. The number of Topliss-reactive ketones (excluding diaryl/α,β-unsaturated/α-hetero) is 1. The predicted molar refractivity (Wildman–Crippen MR) is 100.0 cm³/mol. The van der Waals surface area contributed by atoms with E-state index >= 15 is 0 Å². The fourth-order valence-corrected chi connectivity index (χ4v) is 3.11. The number of benzene rings is 2. The lowest BCUT2D eigenvalue weighted by Crippen LogP contribution is -2.14. The van der Waals surface area contributed by atoms with Gasteiger partial charge in [0.05, 0.1) is 5.75 Å². The van der Waals surface area contributed by atoms with Gasteiger partial charge in [0.2, 0.25) is 5.91 Å². The largest absolute Gasteiger partial charge is 0.325 e. The van der Waals surface area contributed by atoms with Gasteiger partial charge in [0.15, 0.2) is 11.6 Å². The average Bonchev–Trinajstić information content (AvgIpc) is 3.06. The molecule has 0 unspecified atom stereocenters. The number of amides is 1. The number of halogens is 1. The Morgan fingerprint density at radius 3 is 2.70 bits per heavy atom. The highest BCUT2D eigenvalue weighted by atomic mass is 32.2. The minimum atomic E-state index is -0.516. The van der Waals surface area contributed by atoms with Crippen LogP contribution in [-0.4, -0.2) is 37.7 Å². The first kappa shape index (κ1) is 18.7. The molecule has 0 fully saturated rings. The molecule has 1 aromatic heterocycles. The molecular formula is C18H16FN5O2S. The number of nitrogens with one attached hydrogen (secondary N) is 1. The molecule has 3 rings (SSSR count). The Morgan fingerprint density at radius 1 is 1.22 bits per heavy atom. The SMILES string of the molecule is CC(=O)c1ccc(SCC(=O)Nc2cccc(-c3nnnn3C)c2)c(F)c1. The van der Waals surface area contributed by atoms with Gasteiger partial charge >= 0.3 is 0 Å². The molecule has 0 saturated heterocycles. The Morgan fingerprint density at radius 2 is 2.04 bits per heavy atom. The Hall–Kier alpha value is -3.07. The second-order valence-corrected chi connectivity index (χ2v) is 6.76. The van der Waals surface area contributed by atoms with Crippen LogP contribution in [-0.2, 0) is 11.8 Å². The van der Waals surface area contributed by atoms with Crippen LogP contribution in [0.25, 0.3) is 11.4 Å². The summed E-state index contributed by atoms with van der Waals surface area (Å²) in [6.45, 7) is 1.38. The summed E-state index contributed by atoms with van der Waals surface area (Å²) < 4.78 is 15.5. The van der Waals surface area contributed by atoms with Crippen LogP contribution in [0.2, 0.25) is 0 Å². The maximum atomic E-state index is 14.0. The third-order valence-corrected chi connectivity index (χ3v) is 4.77. The summed E-state index contributed by atoms with van der Waals surface area (Å²) in [7, 11) is 1.73. The zero-order valence-corrected chi connectivity index (χ0v) is 15.5. The van der Waals surface area contributed by atoms with E-state index in [1.807, 2.05) is 6.07 Å². The first-order valence-corrected chi connectivity index (χ1v) is 8.98. The van der Waals surface area contributed by atoms with Crippen LogP contribution < -0.4 is 5.32 Å². The standard InChI is InChI=1S/C18H16FN5O2S/c1-11(25)12-6-7-16(15(19)9-12)27-10-17(26)20-14-5-3-4-13(8-14)18-21-22-23-24(18)2/h3-9H,10H2,1-2H3,(H,20,26). The number of carbonyl (C=O) groups is 2. The van der Waals surface area contributed by atoms with Gasteiger partial charge in [-0.15, -0.1) is 16.9 Å². The van der Waals surface area contributed by atoms with Crippen molar-refractivity contribution in [3.8, 4) is 11.4 Å². The Balaban J connectivity index is 1.63. The van der Waals surface area contributed by atoms with Crippen molar-refractivity contribution >= 4 is 29.1 Å². The summed E-state index contributed by atoms with van der Waals surface area (Å²) in [4.78, 5) is 23.8. The van der Waals surface area contributed by atoms with Gasteiger partial charge in [-0.1, -0.05) is 18.2 Å². The number of thioether (sulfide) groups is 1. The van der Waals surface area contributed by atoms with Gasteiger partial charge in [0, 0.05) is 28.8 Å². The highest BCUT2D eigenvalue weighted by Gasteiger charge is 2.11. The summed E-state index contributed by atoms with van der Waals surface area (Å²) in [6.07, 6.45) is 0. The van der Waals surface area contributed by atoms with E-state index < -0.39 is 5.82 Å². The Bertz CT molecular complexity index is 1000. The van der Waals surface area contributed by atoms with E-state index in [0.29, 0.717) is 22.0 Å². The summed E-state index contributed by atoms with van der Waals surface area (Å²) in [5, 5.41) is 14.1. The predicted octanol–water partition coefficient (Wildman–Crippen LogP) is 2.95. The summed E-state index contributed by atoms with van der Waals surface area (Å²) >= 11 is 1.06. The molecule has 1 N–H and O–H groups in total. The zero-order valence-electron chi connectivity index (χ0n) is 14.6. The highest BCUT2D eigenvalue weighted by molar-refractivity contribution is 8.00. The fraction of sp³-hybridized carbons (Fsp3) is 0.167. The normalized spacial score (nSPS) is 10.6. The van der Waals surface area contributed by atoms with Crippen LogP contribution in [0.1, 0.15) is 17.3 Å². The van der Waals surface area contributed by atoms with Crippen molar-refractivity contribution in [2.45, 2.75) is 11.8 Å². The quantitative estimate of drug-likeness (QED) is 0.518. The molecule has 9 heteroatoms. The van der Waals surface area contributed by atoms with E-state index in [4.69, 9.17) is 0 Å². The molecule has 0 atom stereocenters. The van der Waals surface area contributed by atoms with Crippen LogP contribution in [0.15, 0.2) is 47.4 Å². The molecule has 0 aliphatic heterocycles. The van der Waals surface area contributed by atoms with Crippen LogP contribution in [0.4, 0.5) is 10.1 Å². The van der Waals surface area contributed by atoms with E-state index in [1.165, 1.54) is 23.7 Å². The molecule has 0 aliphatic rings. The number of ketones is 1. The molecule has 0 bridgehead atoms. The zero-order chi connectivity index (χ0) is 19.4. The molecule has 0 aliphatic carbocycles. The fourth-order valence-electron chi connectivity index (χ4n) is 2.39. The van der Waals surface area contributed by atoms with Gasteiger partial charge in [-0.3, -0.25) is 9.59 Å². The van der Waals surface area contributed by atoms with E-state index in [9.17, 15) is 14.0 Å². The van der Waals surface area contributed by atoms with Crippen molar-refractivity contribution in [3.63, 3.8) is 0 Å². The second-order valence-electron chi connectivity index (χ2n) is 5.75. The first-order valence-electron chi connectivity index (χ1n) is 8.00. The van der Waals surface area contributed by atoms with Crippen LogP contribution >= 0.6 is 11.8 Å². The number of aryl methyl sites for hydroxylation is 1. The van der Waals surface area contributed by atoms with E-state index in [0.717, 1.165) is 17.3 Å². The molecule has 2 aromatic carbocycles. The molecule has 27 heavy (non-hydrogen) atoms. The number of rotatable bonds is 6. The molecule has 0 saturated carbocycles. The highest BCUT2D eigenvalue weighted by Crippen LogP contribution is 2.24. The number of aromatic nitrogens is 4. The lowest BCUT2D eigenvalue weighted by molar-refractivity contribution is -0.113. The van der Waals surface area contributed by atoms with Gasteiger partial charge < -0.3 is 5.32 Å². The number of carbonyl (C=O) groups excluding carboxylic acids is 2. The third kappa shape index (κ3) is 4.56. The van der Waals surface area contributed by atoms with Crippen molar-refractivity contribution in [3.05, 3.63) is 53.8 Å². The van der Waals surface area contributed by atoms with Crippen molar-refractivity contribution in [1.29, 1.82) is 0 Å². The molecule has 0 spiro atoms. The van der Waals surface area contributed by atoms with E-state index in [1.54, 1.807) is 31.3 Å². The summed E-state index contributed by atoms with van der Waals surface area (Å²) in [5.41, 5.74) is 1.66. The summed E-state index contributed by atoms with van der Waals surface area (Å²) in [6, 6.07) is 11.4. The topological polar surface area (TPSA) is 89.8 Å². The van der Waals surface area contributed by atoms with Crippen molar-refractivity contribution in [2.75, 3.05) is 11.1 Å². The Kier molecular flexibility index (Phi) is 5.60. The second kappa shape index (κ2) is 8.09. The Labute approximate surface area is 159 Å². The smallest absolute Gasteiger partial charge is 0.234 e. The molecule has 1 heterocycles. The van der Waals surface area contributed by atoms with Gasteiger partial charge in [-0.25, -0.2) is 9.07 Å². The molecule has 3 aromatic rings. The van der Waals surface area contributed by atoms with Gasteiger partial charge in [-0.05, 0) is 41.6 Å².